The number of carbonyl (C=O) groups is 1. The van der Waals surface area contributed by atoms with Crippen LogP contribution in [0.25, 0.3) is 12.2 Å². The van der Waals surface area contributed by atoms with Gasteiger partial charge in [-0.05, 0) is 35.4 Å². The highest BCUT2D eigenvalue weighted by molar-refractivity contribution is 5.95. The smallest absolute Gasteiger partial charge is 0.227 e. The van der Waals surface area contributed by atoms with E-state index in [0.717, 1.165) is 11.1 Å². The molecule has 0 saturated heterocycles. The van der Waals surface area contributed by atoms with Crippen LogP contribution < -0.4 is 14.0 Å². The Morgan fingerprint density at radius 1 is 0.926 bits per heavy atom. The van der Waals surface area contributed by atoms with E-state index in [9.17, 15) is 4.79 Å². The molecule has 2 heterocycles. The number of rotatable bonds is 7. The van der Waals surface area contributed by atoms with Gasteiger partial charge in [-0.2, -0.15) is 4.57 Å². The fourth-order valence-electron chi connectivity index (χ4n) is 2.58. The lowest BCUT2D eigenvalue weighted by molar-refractivity contribution is -0.683. The van der Waals surface area contributed by atoms with Gasteiger partial charge in [0.15, 0.2) is 12.4 Å². The van der Waals surface area contributed by atoms with Crippen LogP contribution in [0.3, 0.4) is 0 Å². The molecule has 0 aliphatic carbocycles. The minimum Gasteiger partial charge on any atom is -0.497 e. The Labute approximate surface area is 158 Å². The highest BCUT2D eigenvalue weighted by Crippen LogP contribution is 2.22. The minimum absolute atomic E-state index is 0.0164. The van der Waals surface area contributed by atoms with Crippen molar-refractivity contribution in [1.29, 1.82) is 0 Å². The maximum Gasteiger partial charge on any atom is 0.227 e. The summed E-state index contributed by atoms with van der Waals surface area (Å²) in [5.74, 6) is 1.18. The molecule has 0 radical (unpaired) electrons. The first-order chi connectivity index (χ1) is 13.2. The van der Waals surface area contributed by atoms with Crippen LogP contribution in [0.2, 0.25) is 0 Å². The number of ether oxygens (including phenoxy) is 2. The average Bonchev–Trinajstić information content (AvgIpc) is 2.73. The monoisotopic (exact) mass is 361 g/mol. The Morgan fingerprint density at radius 2 is 1.48 bits per heavy atom. The van der Waals surface area contributed by atoms with Crippen molar-refractivity contribution in [2.45, 2.75) is 6.54 Å². The van der Waals surface area contributed by atoms with Crippen LogP contribution in [-0.4, -0.2) is 25.0 Å². The van der Waals surface area contributed by atoms with Crippen LogP contribution in [-0.2, 0) is 6.54 Å². The van der Waals surface area contributed by atoms with E-state index >= 15 is 0 Å². The fraction of sp³-hybridized carbons (Fsp3) is 0.136. The van der Waals surface area contributed by atoms with E-state index in [1.54, 1.807) is 44.8 Å². The number of pyridine rings is 2. The van der Waals surface area contributed by atoms with E-state index in [1.165, 1.54) is 0 Å². The van der Waals surface area contributed by atoms with Crippen LogP contribution in [0, 0.1) is 0 Å². The minimum atomic E-state index is -0.0164. The summed E-state index contributed by atoms with van der Waals surface area (Å²) < 4.78 is 12.3. The molecule has 0 unspecified atom stereocenters. The largest absolute Gasteiger partial charge is 0.497 e. The zero-order valence-corrected chi connectivity index (χ0v) is 15.3. The summed E-state index contributed by atoms with van der Waals surface area (Å²) in [6.45, 7) is 0.241. The number of hydrogen-bond donors (Lipinski definition) is 0. The van der Waals surface area contributed by atoms with Gasteiger partial charge in [-0.1, -0.05) is 12.2 Å². The van der Waals surface area contributed by atoms with Crippen LogP contribution in [0.4, 0.5) is 0 Å². The van der Waals surface area contributed by atoms with E-state index in [0.29, 0.717) is 17.1 Å². The predicted octanol–water partition coefficient (Wildman–Crippen LogP) is 3.44. The highest BCUT2D eigenvalue weighted by atomic mass is 16.5. The van der Waals surface area contributed by atoms with Crippen molar-refractivity contribution >= 4 is 17.9 Å². The van der Waals surface area contributed by atoms with Crippen molar-refractivity contribution in [2.24, 2.45) is 0 Å². The maximum absolute atomic E-state index is 12.6. The number of nitrogens with zero attached hydrogens (tertiary/aromatic N) is 2. The summed E-state index contributed by atoms with van der Waals surface area (Å²) in [5.41, 5.74) is 2.70. The molecule has 0 aliphatic heterocycles. The quantitative estimate of drug-likeness (QED) is 0.478. The van der Waals surface area contributed by atoms with Gasteiger partial charge in [0.1, 0.15) is 11.5 Å². The molecule has 1 aromatic carbocycles. The molecule has 27 heavy (non-hydrogen) atoms. The van der Waals surface area contributed by atoms with E-state index in [2.05, 4.69) is 4.98 Å². The molecule has 0 fully saturated rings. The number of hydrogen-bond acceptors (Lipinski definition) is 4. The number of carbonyl (C=O) groups excluding carboxylic acids is 1. The SMILES string of the molecule is COc1cc(OC)cc(C(=O)C[n+]2ccc(/C=C/c3ccncc3)cc2)c1. The Hall–Kier alpha value is -3.47. The van der Waals surface area contributed by atoms with Gasteiger partial charge in [-0.3, -0.25) is 9.78 Å². The second-order valence-electron chi connectivity index (χ2n) is 5.94. The molecular weight excluding hydrogens is 340 g/mol. The first kappa shape index (κ1) is 18.3. The summed E-state index contributed by atoms with van der Waals surface area (Å²) in [6, 6.07) is 13.0. The maximum atomic E-state index is 12.6. The van der Waals surface area contributed by atoms with Crippen LogP contribution >= 0.6 is 0 Å². The summed E-state index contributed by atoms with van der Waals surface area (Å²) in [6.07, 6.45) is 11.3. The molecule has 5 nitrogen and oxygen atoms in total. The predicted molar refractivity (Wildman–Crippen MR) is 104 cm³/mol. The summed E-state index contributed by atoms with van der Waals surface area (Å²) in [5, 5.41) is 0. The fourth-order valence-corrected chi connectivity index (χ4v) is 2.58. The van der Waals surface area contributed by atoms with Gasteiger partial charge in [0.2, 0.25) is 12.3 Å². The van der Waals surface area contributed by atoms with Crippen LogP contribution in [0.1, 0.15) is 21.5 Å². The molecule has 3 rings (SSSR count). The molecule has 3 aromatic rings. The molecule has 0 bridgehead atoms. The van der Waals surface area contributed by atoms with Gasteiger partial charge in [-0.15, -0.1) is 0 Å². The topological polar surface area (TPSA) is 52.3 Å². The van der Waals surface area contributed by atoms with Crippen LogP contribution in [0.5, 0.6) is 11.5 Å². The molecule has 5 heteroatoms. The van der Waals surface area contributed by atoms with Gasteiger partial charge < -0.3 is 9.47 Å². The Kier molecular flexibility index (Phi) is 5.94. The molecule has 0 N–H and O–H groups in total. The molecule has 0 aliphatic rings. The number of ketones is 1. The van der Waals surface area contributed by atoms with Gasteiger partial charge in [-0.25, -0.2) is 0 Å². The first-order valence-corrected chi connectivity index (χ1v) is 8.51. The van der Waals surface area contributed by atoms with E-state index in [-0.39, 0.29) is 12.3 Å². The van der Waals surface area contributed by atoms with Gasteiger partial charge in [0.25, 0.3) is 0 Å². The lowest BCUT2D eigenvalue weighted by Crippen LogP contribution is -2.37. The normalized spacial score (nSPS) is 10.7. The molecule has 0 atom stereocenters. The molecule has 136 valence electrons. The van der Waals surface area contributed by atoms with Gasteiger partial charge in [0, 0.05) is 36.2 Å². The van der Waals surface area contributed by atoms with Crippen molar-refractivity contribution < 1.29 is 18.8 Å². The molecule has 2 aromatic heterocycles. The molecular formula is C22H21N2O3+. The number of Topliss-reactive ketones (excluding diaryl/α,β-unsaturated/α-hetero) is 1. The number of methoxy groups -OCH3 is 2. The van der Waals surface area contributed by atoms with E-state index in [4.69, 9.17) is 9.47 Å². The second-order valence-corrected chi connectivity index (χ2v) is 5.94. The van der Waals surface area contributed by atoms with Crippen LogP contribution in [0.15, 0.2) is 67.3 Å². The number of aromatic nitrogens is 2. The third-order valence-electron chi connectivity index (χ3n) is 4.09. The Bertz CT molecular complexity index is 913. The Balaban J connectivity index is 1.69. The highest BCUT2D eigenvalue weighted by Gasteiger charge is 2.14. The third kappa shape index (κ3) is 5.01. The summed E-state index contributed by atoms with van der Waals surface area (Å²) >= 11 is 0. The zero-order chi connectivity index (χ0) is 19.1. The van der Waals surface area contributed by atoms with Crippen molar-refractivity contribution in [3.8, 4) is 11.5 Å². The molecule has 0 spiro atoms. The van der Waals surface area contributed by atoms with Gasteiger partial charge in [0.05, 0.1) is 14.2 Å². The molecule has 0 amide bonds. The van der Waals surface area contributed by atoms with Crippen molar-refractivity contribution in [3.63, 3.8) is 0 Å². The Morgan fingerprint density at radius 3 is 2.04 bits per heavy atom. The average molecular weight is 361 g/mol. The summed E-state index contributed by atoms with van der Waals surface area (Å²) in [4.78, 5) is 16.6. The lowest BCUT2D eigenvalue weighted by atomic mass is 10.1. The third-order valence-corrected chi connectivity index (χ3v) is 4.09. The molecule has 0 saturated carbocycles. The summed E-state index contributed by atoms with van der Waals surface area (Å²) in [7, 11) is 3.13. The van der Waals surface area contributed by atoms with Crippen molar-refractivity contribution in [1.82, 2.24) is 4.98 Å². The van der Waals surface area contributed by atoms with Crippen molar-refractivity contribution in [2.75, 3.05) is 14.2 Å². The lowest BCUT2D eigenvalue weighted by Gasteiger charge is -2.06. The van der Waals surface area contributed by atoms with E-state index < -0.39 is 0 Å². The van der Waals surface area contributed by atoms with Gasteiger partial charge >= 0.3 is 0 Å². The number of benzene rings is 1. The zero-order valence-electron chi connectivity index (χ0n) is 15.3. The second kappa shape index (κ2) is 8.76. The first-order valence-electron chi connectivity index (χ1n) is 8.51. The van der Waals surface area contributed by atoms with E-state index in [1.807, 2.05) is 53.4 Å². The van der Waals surface area contributed by atoms with Crippen molar-refractivity contribution in [3.05, 3.63) is 83.9 Å². The standard InChI is InChI=1S/C22H21N2O3/c1-26-20-13-19(14-21(15-20)27-2)22(25)16-24-11-7-18(8-12-24)4-3-17-5-9-23-10-6-17/h3-15H,16H2,1-2H3/q+1/b4-3+.